The van der Waals surface area contributed by atoms with Crippen LogP contribution >= 0.6 is 0 Å². The van der Waals surface area contributed by atoms with E-state index in [0.29, 0.717) is 34.4 Å². The molecule has 7 heteroatoms. The van der Waals surface area contributed by atoms with E-state index in [2.05, 4.69) is 9.97 Å². The zero-order valence-electron chi connectivity index (χ0n) is 15.1. The summed E-state index contributed by atoms with van der Waals surface area (Å²) in [6, 6.07) is 3.46. The SMILES string of the molecule is COc1nccc(C=CC(=O)C=Cc2ccnc(OC)c2OC)c1OC. The number of nitrogens with zero attached hydrogens (tertiary/aromatic N) is 2. The van der Waals surface area contributed by atoms with Gasteiger partial charge in [0.1, 0.15) is 0 Å². The lowest BCUT2D eigenvalue weighted by Crippen LogP contribution is -1.96. The summed E-state index contributed by atoms with van der Waals surface area (Å²) in [6.07, 6.45) is 9.29. The minimum atomic E-state index is -0.208. The fourth-order valence-electron chi connectivity index (χ4n) is 2.25. The number of pyridine rings is 2. The molecule has 0 fully saturated rings. The topological polar surface area (TPSA) is 79.8 Å². The summed E-state index contributed by atoms with van der Waals surface area (Å²) < 4.78 is 20.8. The predicted octanol–water partition coefficient (Wildman–Crippen LogP) is 2.81. The van der Waals surface area contributed by atoms with Gasteiger partial charge in [0, 0.05) is 23.5 Å². The van der Waals surface area contributed by atoms with Crippen LogP contribution in [-0.2, 0) is 4.79 Å². The first-order valence-electron chi connectivity index (χ1n) is 7.68. The molecule has 0 radical (unpaired) electrons. The summed E-state index contributed by atoms with van der Waals surface area (Å²) in [6.45, 7) is 0. The van der Waals surface area contributed by atoms with Crippen molar-refractivity contribution in [3.05, 3.63) is 47.8 Å². The normalized spacial score (nSPS) is 10.9. The number of allylic oxidation sites excluding steroid dienone is 2. The molecule has 26 heavy (non-hydrogen) atoms. The fourth-order valence-corrected chi connectivity index (χ4v) is 2.25. The Morgan fingerprint density at radius 3 is 1.54 bits per heavy atom. The zero-order chi connectivity index (χ0) is 18.9. The van der Waals surface area contributed by atoms with Gasteiger partial charge in [0.2, 0.25) is 0 Å². The number of methoxy groups -OCH3 is 4. The molecule has 0 aliphatic heterocycles. The molecule has 0 aromatic carbocycles. The third kappa shape index (κ3) is 4.38. The number of ketones is 1. The van der Waals surface area contributed by atoms with E-state index >= 15 is 0 Å². The lowest BCUT2D eigenvalue weighted by atomic mass is 10.1. The molecule has 136 valence electrons. The molecular weight excluding hydrogens is 336 g/mol. The van der Waals surface area contributed by atoms with Gasteiger partial charge in [-0.2, -0.15) is 0 Å². The van der Waals surface area contributed by atoms with E-state index in [1.165, 1.54) is 40.6 Å². The number of aromatic nitrogens is 2. The molecule has 2 aromatic heterocycles. The largest absolute Gasteiger partial charge is 0.491 e. The number of carbonyl (C=O) groups excluding carboxylic acids is 1. The maximum Gasteiger partial charge on any atom is 0.257 e. The van der Waals surface area contributed by atoms with Gasteiger partial charge in [-0.15, -0.1) is 0 Å². The van der Waals surface area contributed by atoms with Gasteiger partial charge < -0.3 is 18.9 Å². The maximum atomic E-state index is 12.1. The first-order valence-corrected chi connectivity index (χ1v) is 7.68. The second-order valence-electron chi connectivity index (χ2n) is 4.95. The van der Waals surface area contributed by atoms with Crippen LogP contribution in [0, 0.1) is 0 Å². The third-order valence-corrected chi connectivity index (χ3v) is 3.45. The van der Waals surface area contributed by atoms with Crippen LogP contribution in [0.4, 0.5) is 0 Å². The number of hydrogen-bond donors (Lipinski definition) is 0. The Kier molecular flexibility index (Phi) is 6.73. The molecule has 0 bridgehead atoms. The summed E-state index contributed by atoms with van der Waals surface area (Å²) in [5.41, 5.74) is 1.37. The van der Waals surface area contributed by atoms with Gasteiger partial charge in [-0.25, -0.2) is 9.97 Å². The van der Waals surface area contributed by atoms with Crippen LogP contribution in [0.5, 0.6) is 23.3 Å². The molecular formula is C19H20N2O5. The van der Waals surface area contributed by atoms with E-state index in [9.17, 15) is 4.79 Å². The molecule has 2 rings (SSSR count). The first-order chi connectivity index (χ1) is 12.6. The molecule has 0 spiro atoms. The van der Waals surface area contributed by atoms with Crippen molar-refractivity contribution in [1.29, 1.82) is 0 Å². The van der Waals surface area contributed by atoms with Crippen molar-refractivity contribution in [2.75, 3.05) is 28.4 Å². The van der Waals surface area contributed by atoms with Gasteiger partial charge in [0.05, 0.1) is 28.4 Å². The van der Waals surface area contributed by atoms with E-state index in [1.54, 1.807) is 36.7 Å². The summed E-state index contributed by atoms with van der Waals surface area (Å²) in [5.74, 6) is 1.42. The second-order valence-corrected chi connectivity index (χ2v) is 4.95. The van der Waals surface area contributed by atoms with Gasteiger partial charge >= 0.3 is 0 Å². The predicted molar refractivity (Wildman–Crippen MR) is 97.8 cm³/mol. The highest BCUT2D eigenvalue weighted by Crippen LogP contribution is 2.30. The second kappa shape index (κ2) is 9.22. The minimum absolute atomic E-state index is 0.208. The third-order valence-electron chi connectivity index (χ3n) is 3.45. The Hall–Kier alpha value is -3.35. The lowest BCUT2D eigenvalue weighted by molar-refractivity contribution is -0.110. The van der Waals surface area contributed by atoms with Crippen LogP contribution in [0.2, 0.25) is 0 Å². The summed E-state index contributed by atoms with van der Waals surface area (Å²) in [7, 11) is 6.04. The molecule has 7 nitrogen and oxygen atoms in total. The standard InChI is InChI=1S/C19H20N2O5/c1-23-16-13(9-11-20-18(16)25-3)5-7-15(22)8-6-14-10-12-21-19(26-4)17(14)24-2/h5-12H,1-4H3. The monoisotopic (exact) mass is 356 g/mol. The Labute approximate surface area is 151 Å². The number of carbonyl (C=O) groups is 1. The van der Waals surface area contributed by atoms with Crippen LogP contribution in [0.3, 0.4) is 0 Å². The molecule has 0 N–H and O–H groups in total. The van der Waals surface area contributed by atoms with Crippen LogP contribution in [0.15, 0.2) is 36.7 Å². The van der Waals surface area contributed by atoms with Gasteiger partial charge in [0.15, 0.2) is 17.3 Å². The Morgan fingerprint density at radius 2 is 1.19 bits per heavy atom. The van der Waals surface area contributed by atoms with Gasteiger partial charge in [-0.3, -0.25) is 4.79 Å². The van der Waals surface area contributed by atoms with Gasteiger partial charge in [0.25, 0.3) is 11.8 Å². The highest BCUT2D eigenvalue weighted by molar-refractivity contribution is 6.04. The van der Waals surface area contributed by atoms with E-state index in [0.717, 1.165) is 0 Å². The molecule has 0 saturated carbocycles. The summed E-state index contributed by atoms with van der Waals surface area (Å²) in [5, 5.41) is 0. The average Bonchev–Trinajstić information content (AvgIpc) is 2.69. The highest BCUT2D eigenvalue weighted by atomic mass is 16.5. The number of hydrogen-bond acceptors (Lipinski definition) is 7. The van der Waals surface area contributed by atoms with Crippen LogP contribution in [0.25, 0.3) is 12.2 Å². The maximum absolute atomic E-state index is 12.1. The van der Waals surface area contributed by atoms with Gasteiger partial charge in [-0.05, 0) is 36.4 Å². The van der Waals surface area contributed by atoms with Crippen LogP contribution < -0.4 is 18.9 Å². The van der Waals surface area contributed by atoms with E-state index < -0.39 is 0 Å². The van der Waals surface area contributed by atoms with Crippen LogP contribution in [0.1, 0.15) is 11.1 Å². The first kappa shape index (κ1) is 19.0. The van der Waals surface area contributed by atoms with Gasteiger partial charge in [-0.1, -0.05) is 0 Å². The smallest absolute Gasteiger partial charge is 0.257 e. The Bertz CT molecular complexity index is 763. The Balaban J connectivity index is 2.19. The molecule has 0 saturated heterocycles. The molecule has 2 aromatic rings. The van der Waals surface area contributed by atoms with Crippen molar-refractivity contribution in [1.82, 2.24) is 9.97 Å². The van der Waals surface area contributed by atoms with Crippen molar-refractivity contribution in [2.24, 2.45) is 0 Å². The van der Waals surface area contributed by atoms with Crippen LogP contribution in [-0.4, -0.2) is 44.2 Å². The molecule has 0 aliphatic carbocycles. The highest BCUT2D eigenvalue weighted by Gasteiger charge is 2.10. The molecule has 2 heterocycles. The average molecular weight is 356 g/mol. The van der Waals surface area contributed by atoms with Crippen molar-refractivity contribution in [3.63, 3.8) is 0 Å². The fraction of sp³-hybridized carbons (Fsp3) is 0.211. The molecule has 0 atom stereocenters. The molecule has 0 amide bonds. The molecule has 0 unspecified atom stereocenters. The Morgan fingerprint density at radius 1 is 0.769 bits per heavy atom. The van der Waals surface area contributed by atoms with E-state index in [-0.39, 0.29) is 5.78 Å². The van der Waals surface area contributed by atoms with Crippen molar-refractivity contribution >= 4 is 17.9 Å². The van der Waals surface area contributed by atoms with Crippen molar-refractivity contribution in [3.8, 4) is 23.3 Å². The van der Waals surface area contributed by atoms with Crippen molar-refractivity contribution < 1.29 is 23.7 Å². The lowest BCUT2D eigenvalue weighted by Gasteiger charge is -2.08. The number of rotatable bonds is 8. The summed E-state index contributed by atoms with van der Waals surface area (Å²) in [4.78, 5) is 20.3. The molecule has 0 aliphatic rings. The van der Waals surface area contributed by atoms with E-state index in [4.69, 9.17) is 18.9 Å². The van der Waals surface area contributed by atoms with Crippen molar-refractivity contribution in [2.45, 2.75) is 0 Å². The summed E-state index contributed by atoms with van der Waals surface area (Å²) >= 11 is 0. The quantitative estimate of drug-likeness (QED) is 0.673. The number of ether oxygens (including phenoxy) is 4. The van der Waals surface area contributed by atoms with E-state index in [1.807, 2.05) is 0 Å². The zero-order valence-corrected chi connectivity index (χ0v) is 15.1. The minimum Gasteiger partial charge on any atom is -0.491 e.